The summed E-state index contributed by atoms with van der Waals surface area (Å²) in [7, 11) is -0.174. The molecule has 2 aromatic heterocycles. The third-order valence-electron chi connectivity index (χ3n) is 5.09. The molecule has 0 bridgehead atoms. The molecule has 0 aliphatic carbocycles. The number of imidazole rings is 1. The number of aromatic nitrogens is 3. The van der Waals surface area contributed by atoms with Crippen LogP contribution in [0.15, 0.2) is 41.4 Å². The number of rotatable bonds is 9. The monoisotopic (exact) mass is 445 g/mol. The lowest BCUT2D eigenvalue weighted by atomic mass is 10.2. The predicted molar refractivity (Wildman–Crippen MR) is 119 cm³/mol. The van der Waals surface area contributed by atoms with E-state index in [1.807, 2.05) is 25.5 Å². The molecule has 0 saturated carbocycles. The molecule has 0 aliphatic rings. The summed E-state index contributed by atoms with van der Waals surface area (Å²) in [6.07, 6.45) is 2.18. The van der Waals surface area contributed by atoms with Crippen molar-refractivity contribution in [2.75, 3.05) is 25.5 Å². The predicted octanol–water partition coefficient (Wildman–Crippen LogP) is 2.58. The number of nitrogens with zero attached hydrogens (tertiary/aromatic N) is 4. The number of methoxy groups -OCH3 is 1. The van der Waals surface area contributed by atoms with Crippen LogP contribution in [0, 0.1) is 0 Å². The highest BCUT2D eigenvalue weighted by Crippen LogP contribution is 2.23. The van der Waals surface area contributed by atoms with Gasteiger partial charge in [-0.05, 0) is 24.3 Å². The molecular formula is C21H27N5O4S. The fourth-order valence-corrected chi connectivity index (χ4v) is 4.83. The molecule has 0 atom stereocenters. The Kier molecular flexibility index (Phi) is 6.91. The minimum Gasteiger partial charge on any atom is -0.481 e. The molecule has 3 rings (SSSR count). The number of hydrogen-bond acceptors (Lipinski definition) is 6. The standard InChI is InChI=1S/C21H27N5O4S/c1-5-26(6-2)31(28,29)16-8-9-18-17(13-16)24-19(25(18)3)10-11-20(27)23-15-7-12-21(30-4)22-14-15/h7-9,12-14H,5-6,10-11H2,1-4H3,(H,23,27). The van der Waals surface area contributed by atoms with Gasteiger partial charge < -0.3 is 14.6 Å². The molecule has 0 saturated heterocycles. The number of carbonyl (C=O) groups is 1. The summed E-state index contributed by atoms with van der Waals surface area (Å²) in [6, 6.07) is 8.34. The molecule has 31 heavy (non-hydrogen) atoms. The Hall–Kier alpha value is -2.98. The van der Waals surface area contributed by atoms with E-state index < -0.39 is 10.0 Å². The van der Waals surface area contributed by atoms with Crippen molar-refractivity contribution in [3.8, 4) is 5.88 Å². The van der Waals surface area contributed by atoms with Gasteiger partial charge in [0.2, 0.25) is 21.8 Å². The molecule has 1 amide bonds. The van der Waals surface area contributed by atoms with Crippen molar-refractivity contribution >= 4 is 32.7 Å². The topological polar surface area (TPSA) is 106 Å². The van der Waals surface area contributed by atoms with Crippen molar-refractivity contribution in [2.45, 2.75) is 31.6 Å². The first kappa shape index (κ1) is 22.7. The summed E-state index contributed by atoms with van der Waals surface area (Å²) in [4.78, 5) is 21.2. The van der Waals surface area contributed by atoms with Crippen molar-refractivity contribution in [1.82, 2.24) is 18.8 Å². The molecule has 0 unspecified atom stereocenters. The number of carbonyl (C=O) groups excluding carboxylic acids is 1. The average molecular weight is 446 g/mol. The van der Waals surface area contributed by atoms with Crippen LogP contribution in [0.25, 0.3) is 11.0 Å². The van der Waals surface area contributed by atoms with Gasteiger partial charge in [-0.15, -0.1) is 0 Å². The molecule has 1 aromatic carbocycles. The summed E-state index contributed by atoms with van der Waals surface area (Å²) >= 11 is 0. The number of aryl methyl sites for hydroxylation is 2. The summed E-state index contributed by atoms with van der Waals surface area (Å²) in [5.74, 6) is 1.01. The number of nitrogens with one attached hydrogen (secondary N) is 1. The number of fused-ring (bicyclic) bond motifs is 1. The summed E-state index contributed by atoms with van der Waals surface area (Å²) in [5, 5.41) is 2.79. The van der Waals surface area contributed by atoms with Gasteiger partial charge in [-0.3, -0.25) is 4.79 Å². The normalized spacial score (nSPS) is 11.8. The van der Waals surface area contributed by atoms with Gasteiger partial charge in [-0.25, -0.2) is 18.4 Å². The van der Waals surface area contributed by atoms with Crippen LogP contribution in [0.5, 0.6) is 5.88 Å². The van der Waals surface area contributed by atoms with Gasteiger partial charge in [0.05, 0.1) is 34.9 Å². The van der Waals surface area contributed by atoms with Crippen LogP contribution in [0.2, 0.25) is 0 Å². The summed E-state index contributed by atoms with van der Waals surface area (Å²) in [5.41, 5.74) is 1.99. The molecule has 2 heterocycles. The zero-order valence-corrected chi connectivity index (χ0v) is 18.9. The Balaban J connectivity index is 1.74. The van der Waals surface area contributed by atoms with Crippen molar-refractivity contribution < 1.29 is 17.9 Å². The largest absolute Gasteiger partial charge is 0.481 e. The summed E-state index contributed by atoms with van der Waals surface area (Å²) in [6.45, 7) is 4.43. The van der Waals surface area contributed by atoms with Gasteiger partial charge >= 0.3 is 0 Å². The molecule has 3 aromatic rings. The third-order valence-corrected chi connectivity index (χ3v) is 7.14. The molecule has 166 valence electrons. The summed E-state index contributed by atoms with van der Waals surface area (Å²) < 4.78 is 33.9. The first-order chi connectivity index (χ1) is 14.8. The van der Waals surface area contributed by atoms with Gasteiger partial charge in [0, 0.05) is 39.0 Å². The molecule has 0 aliphatic heterocycles. The first-order valence-electron chi connectivity index (χ1n) is 10.1. The fraction of sp³-hybridized carbons (Fsp3) is 0.381. The highest BCUT2D eigenvalue weighted by Gasteiger charge is 2.22. The number of anilines is 1. The smallest absolute Gasteiger partial charge is 0.243 e. The number of ether oxygens (including phenoxy) is 1. The minimum absolute atomic E-state index is 0.163. The molecule has 0 fully saturated rings. The maximum atomic E-state index is 12.8. The molecule has 10 heteroatoms. The van der Waals surface area contributed by atoms with Crippen LogP contribution in [0.3, 0.4) is 0 Å². The average Bonchev–Trinajstić information content (AvgIpc) is 3.08. The fourth-order valence-electron chi connectivity index (χ4n) is 3.35. The van der Waals surface area contributed by atoms with E-state index in [9.17, 15) is 13.2 Å². The maximum absolute atomic E-state index is 12.8. The lowest BCUT2D eigenvalue weighted by molar-refractivity contribution is -0.116. The van der Waals surface area contributed by atoms with Crippen molar-refractivity contribution in [2.24, 2.45) is 7.05 Å². The molecule has 9 nitrogen and oxygen atoms in total. The second-order valence-corrected chi connectivity index (χ2v) is 8.90. The van der Waals surface area contributed by atoms with Crippen molar-refractivity contribution in [3.05, 3.63) is 42.4 Å². The Morgan fingerprint density at radius 1 is 1.19 bits per heavy atom. The van der Waals surface area contributed by atoms with Crippen LogP contribution in [0.4, 0.5) is 5.69 Å². The van der Waals surface area contributed by atoms with Gasteiger partial charge in [-0.1, -0.05) is 13.8 Å². The van der Waals surface area contributed by atoms with Gasteiger partial charge in [0.1, 0.15) is 5.82 Å². The van der Waals surface area contributed by atoms with Crippen LogP contribution in [-0.2, 0) is 28.3 Å². The van der Waals surface area contributed by atoms with Gasteiger partial charge in [0.25, 0.3) is 0 Å². The zero-order valence-electron chi connectivity index (χ0n) is 18.1. The molecular weight excluding hydrogens is 418 g/mol. The quantitative estimate of drug-likeness (QED) is 0.543. The first-order valence-corrected chi connectivity index (χ1v) is 11.5. The number of pyridine rings is 1. The second kappa shape index (κ2) is 9.44. The van der Waals surface area contributed by atoms with Gasteiger partial charge in [0.15, 0.2) is 0 Å². The highest BCUT2D eigenvalue weighted by atomic mass is 32.2. The van der Waals surface area contributed by atoms with Crippen LogP contribution in [0.1, 0.15) is 26.1 Å². The van der Waals surface area contributed by atoms with Crippen LogP contribution >= 0.6 is 0 Å². The Labute approximate surface area is 182 Å². The van der Waals surface area contributed by atoms with Crippen LogP contribution in [-0.4, -0.2) is 53.4 Å². The highest BCUT2D eigenvalue weighted by molar-refractivity contribution is 7.89. The zero-order chi connectivity index (χ0) is 22.6. The lowest BCUT2D eigenvalue weighted by Gasteiger charge is -2.18. The van der Waals surface area contributed by atoms with E-state index in [0.29, 0.717) is 42.4 Å². The van der Waals surface area contributed by atoms with Crippen molar-refractivity contribution in [3.63, 3.8) is 0 Å². The number of hydrogen-bond donors (Lipinski definition) is 1. The van der Waals surface area contributed by atoms with E-state index >= 15 is 0 Å². The minimum atomic E-state index is -3.56. The van der Waals surface area contributed by atoms with Gasteiger partial charge in [-0.2, -0.15) is 4.31 Å². The maximum Gasteiger partial charge on any atom is 0.243 e. The Morgan fingerprint density at radius 3 is 2.55 bits per heavy atom. The van der Waals surface area contributed by atoms with E-state index in [-0.39, 0.29) is 17.2 Å². The Morgan fingerprint density at radius 2 is 1.94 bits per heavy atom. The lowest BCUT2D eigenvalue weighted by Crippen LogP contribution is -2.30. The number of amides is 1. The Bertz CT molecular complexity index is 1170. The van der Waals surface area contributed by atoms with E-state index in [0.717, 1.165) is 5.52 Å². The van der Waals surface area contributed by atoms with Crippen molar-refractivity contribution in [1.29, 1.82) is 0 Å². The van der Waals surface area contributed by atoms with E-state index in [4.69, 9.17) is 4.74 Å². The number of benzene rings is 1. The van der Waals surface area contributed by atoms with Crippen LogP contribution < -0.4 is 10.1 Å². The third kappa shape index (κ3) is 4.86. The van der Waals surface area contributed by atoms with E-state index in [1.54, 1.807) is 30.3 Å². The molecule has 0 radical (unpaired) electrons. The molecule has 0 spiro atoms. The van der Waals surface area contributed by atoms with E-state index in [1.165, 1.54) is 17.6 Å². The SMILES string of the molecule is CCN(CC)S(=O)(=O)c1ccc2c(c1)nc(CCC(=O)Nc1ccc(OC)nc1)n2C. The van der Waals surface area contributed by atoms with E-state index in [2.05, 4.69) is 15.3 Å². The second-order valence-electron chi connectivity index (χ2n) is 6.96. The molecule has 1 N–H and O–H groups in total. The number of sulfonamides is 1.